The minimum absolute atomic E-state index is 0.0286. The third-order valence-corrected chi connectivity index (χ3v) is 4.07. The van der Waals surface area contributed by atoms with Crippen molar-refractivity contribution in [2.45, 2.75) is 51.5 Å². The molecule has 0 radical (unpaired) electrons. The molecule has 4 nitrogen and oxygen atoms in total. The van der Waals surface area contributed by atoms with Crippen molar-refractivity contribution in [1.82, 2.24) is 5.32 Å². The molecule has 1 aromatic carbocycles. The van der Waals surface area contributed by atoms with Crippen molar-refractivity contribution in [2.24, 2.45) is 0 Å². The molecule has 1 N–H and O–H groups in total. The topological polar surface area (TPSA) is 47.6 Å². The van der Waals surface area contributed by atoms with Crippen LogP contribution in [0, 0.1) is 0 Å². The molecule has 126 valence electrons. The maximum absolute atomic E-state index is 11.9. The van der Waals surface area contributed by atoms with E-state index in [2.05, 4.69) is 12.2 Å². The van der Waals surface area contributed by atoms with E-state index in [0.29, 0.717) is 18.4 Å². The standard InChI is InChI=1S/C19H27NO3/c1-3-4-13-23-17-11-9-15(14-18(17)22-2)10-12-19(21)20-16-7-5-6-8-16/h9-12,14,16H,3-8,13H2,1-2H3,(H,20,21)/b12-10+. The van der Waals surface area contributed by atoms with Crippen molar-refractivity contribution in [3.8, 4) is 11.5 Å². The normalized spacial score (nSPS) is 15.0. The fourth-order valence-corrected chi connectivity index (χ4v) is 2.72. The van der Waals surface area contributed by atoms with Crippen LogP contribution in [-0.2, 0) is 4.79 Å². The van der Waals surface area contributed by atoms with Crippen LogP contribution in [0.15, 0.2) is 24.3 Å². The second kappa shape index (κ2) is 9.23. The van der Waals surface area contributed by atoms with Gasteiger partial charge in [0.25, 0.3) is 0 Å². The molecular formula is C19H27NO3. The first-order valence-corrected chi connectivity index (χ1v) is 8.52. The number of rotatable bonds is 8. The van der Waals surface area contributed by atoms with Gasteiger partial charge in [0.15, 0.2) is 11.5 Å². The molecular weight excluding hydrogens is 290 g/mol. The van der Waals surface area contributed by atoms with Gasteiger partial charge in [-0.15, -0.1) is 0 Å². The monoisotopic (exact) mass is 317 g/mol. The molecule has 0 aliphatic heterocycles. The molecule has 1 aromatic rings. The summed E-state index contributed by atoms with van der Waals surface area (Å²) in [4.78, 5) is 11.9. The lowest BCUT2D eigenvalue weighted by atomic mass is 10.2. The highest BCUT2D eigenvalue weighted by atomic mass is 16.5. The molecule has 23 heavy (non-hydrogen) atoms. The average Bonchev–Trinajstić information content (AvgIpc) is 3.06. The summed E-state index contributed by atoms with van der Waals surface area (Å²) in [6.07, 6.45) is 10.1. The summed E-state index contributed by atoms with van der Waals surface area (Å²) in [7, 11) is 1.63. The molecule has 1 saturated carbocycles. The quantitative estimate of drug-likeness (QED) is 0.583. The predicted octanol–water partition coefficient (Wildman–Crippen LogP) is 3.95. The lowest BCUT2D eigenvalue weighted by Crippen LogP contribution is -2.30. The zero-order valence-corrected chi connectivity index (χ0v) is 14.1. The highest BCUT2D eigenvalue weighted by Gasteiger charge is 2.15. The third-order valence-electron chi connectivity index (χ3n) is 4.07. The van der Waals surface area contributed by atoms with Gasteiger partial charge >= 0.3 is 0 Å². The van der Waals surface area contributed by atoms with Gasteiger partial charge in [0.2, 0.25) is 5.91 Å². The van der Waals surface area contributed by atoms with E-state index in [9.17, 15) is 4.79 Å². The van der Waals surface area contributed by atoms with E-state index in [-0.39, 0.29) is 5.91 Å². The van der Waals surface area contributed by atoms with Crippen LogP contribution in [0.4, 0.5) is 0 Å². The van der Waals surface area contributed by atoms with Crippen LogP contribution in [0.3, 0.4) is 0 Å². The maximum atomic E-state index is 11.9. The maximum Gasteiger partial charge on any atom is 0.244 e. The van der Waals surface area contributed by atoms with E-state index in [4.69, 9.17) is 9.47 Å². The second-order valence-corrected chi connectivity index (χ2v) is 5.94. The average molecular weight is 317 g/mol. The third kappa shape index (κ3) is 5.62. The molecule has 0 aromatic heterocycles. The first-order chi connectivity index (χ1) is 11.2. The molecule has 1 aliphatic carbocycles. The summed E-state index contributed by atoms with van der Waals surface area (Å²) >= 11 is 0. The summed E-state index contributed by atoms with van der Waals surface area (Å²) in [6.45, 7) is 2.82. The summed E-state index contributed by atoms with van der Waals surface area (Å²) in [5.41, 5.74) is 0.922. The van der Waals surface area contributed by atoms with Crippen molar-refractivity contribution in [3.05, 3.63) is 29.8 Å². The van der Waals surface area contributed by atoms with Crippen molar-refractivity contribution >= 4 is 12.0 Å². The number of carbonyl (C=O) groups excluding carboxylic acids is 1. The Kier molecular flexibility index (Phi) is 6.98. The summed E-state index contributed by atoms with van der Waals surface area (Å²) in [6, 6.07) is 6.06. The van der Waals surface area contributed by atoms with Crippen LogP contribution < -0.4 is 14.8 Å². The van der Waals surface area contributed by atoms with E-state index in [1.165, 1.54) is 12.8 Å². The van der Waals surface area contributed by atoms with Crippen LogP contribution in [0.2, 0.25) is 0 Å². The number of amides is 1. The van der Waals surface area contributed by atoms with Crippen molar-refractivity contribution in [3.63, 3.8) is 0 Å². The molecule has 1 fully saturated rings. The van der Waals surface area contributed by atoms with Gasteiger partial charge in [-0.3, -0.25) is 4.79 Å². The van der Waals surface area contributed by atoms with E-state index >= 15 is 0 Å². The van der Waals surface area contributed by atoms with Gasteiger partial charge in [-0.1, -0.05) is 32.3 Å². The number of methoxy groups -OCH3 is 1. The van der Waals surface area contributed by atoms with Gasteiger partial charge in [0.05, 0.1) is 13.7 Å². The van der Waals surface area contributed by atoms with E-state index in [1.54, 1.807) is 13.2 Å². The van der Waals surface area contributed by atoms with E-state index in [1.807, 2.05) is 24.3 Å². The van der Waals surface area contributed by atoms with Gasteiger partial charge in [0, 0.05) is 12.1 Å². The number of ether oxygens (including phenoxy) is 2. The minimum Gasteiger partial charge on any atom is -0.493 e. The molecule has 0 saturated heterocycles. The molecule has 0 unspecified atom stereocenters. The molecule has 0 atom stereocenters. The Morgan fingerprint density at radius 2 is 2.09 bits per heavy atom. The van der Waals surface area contributed by atoms with Gasteiger partial charge in [-0.2, -0.15) is 0 Å². The number of unbranched alkanes of at least 4 members (excludes halogenated alkanes) is 1. The highest BCUT2D eigenvalue weighted by Crippen LogP contribution is 2.28. The number of nitrogens with one attached hydrogen (secondary N) is 1. The Balaban J connectivity index is 1.93. The molecule has 0 heterocycles. The first-order valence-electron chi connectivity index (χ1n) is 8.52. The lowest BCUT2D eigenvalue weighted by molar-refractivity contribution is -0.117. The molecule has 2 rings (SSSR count). The highest BCUT2D eigenvalue weighted by molar-refractivity contribution is 5.92. The van der Waals surface area contributed by atoms with Crippen LogP contribution in [-0.4, -0.2) is 25.7 Å². The van der Waals surface area contributed by atoms with Crippen molar-refractivity contribution in [1.29, 1.82) is 0 Å². The SMILES string of the molecule is CCCCOc1ccc(/C=C/C(=O)NC2CCCC2)cc1OC. The fourth-order valence-electron chi connectivity index (χ4n) is 2.72. The molecule has 0 spiro atoms. The van der Waals surface area contributed by atoms with Crippen molar-refractivity contribution in [2.75, 3.05) is 13.7 Å². The number of carbonyl (C=O) groups is 1. The predicted molar refractivity (Wildman–Crippen MR) is 92.8 cm³/mol. The zero-order valence-electron chi connectivity index (χ0n) is 14.1. The van der Waals surface area contributed by atoms with Crippen LogP contribution >= 0.6 is 0 Å². The summed E-state index contributed by atoms with van der Waals surface area (Å²) < 4.78 is 11.1. The number of hydrogen-bond acceptors (Lipinski definition) is 3. The first kappa shape index (κ1) is 17.4. The molecule has 1 aliphatic rings. The van der Waals surface area contributed by atoms with Gasteiger partial charge in [-0.05, 0) is 43.0 Å². The Labute approximate surface area is 138 Å². The summed E-state index contributed by atoms with van der Waals surface area (Å²) in [5, 5.41) is 3.04. The van der Waals surface area contributed by atoms with Gasteiger partial charge < -0.3 is 14.8 Å². The Morgan fingerprint density at radius 1 is 1.30 bits per heavy atom. The number of benzene rings is 1. The fraction of sp³-hybridized carbons (Fsp3) is 0.526. The smallest absolute Gasteiger partial charge is 0.244 e. The van der Waals surface area contributed by atoms with Gasteiger partial charge in [-0.25, -0.2) is 0 Å². The van der Waals surface area contributed by atoms with Crippen molar-refractivity contribution < 1.29 is 14.3 Å². The van der Waals surface area contributed by atoms with Gasteiger partial charge in [0.1, 0.15) is 0 Å². The van der Waals surface area contributed by atoms with E-state index < -0.39 is 0 Å². The summed E-state index contributed by atoms with van der Waals surface area (Å²) in [5.74, 6) is 1.41. The Hall–Kier alpha value is -1.97. The second-order valence-electron chi connectivity index (χ2n) is 5.94. The number of hydrogen-bond donors (Lipinski definition) is 1. The molecule has 1 amide bonds. The largest absolute Gasteiger partial charge is 0.493 e. The van der Waals surface area contributed by atoms with Crippen LogP contribution in [0.5, 0.6) is 11.5 Å². The van der Waals surface area contributed by atoms with E-state index in [0.717, 1.165) is 37.0 Å². The zero-order chi connectivity index (χ0) is 16.5. The molecule has 4 heteroatoms. The minimum atomic E-state index is -0.0286. The molecule has 0 bridgehead atoms. The van der Waals surface area contributed by atoms with Crippen LogP contribution in [0.1, 0.15) is 51.0 Å². The Morgan fingerprint density at radius 3 is 2.78 bits per heavy atom. The Bertz CT molecular complexity index is 533. The van der Waals surface area contributed by atoms with Crippen LogP contribution in [0.25, 0.3) is 6.08 Å². The lowest BCUT2D eigenvalue weighted by Gasteiger charge is -2.11.